The molecule has 1 nitrogen and oxygen atoms in total. The Morgan fingerprint density at radius 1 is 0.553 bits per heavy atom. The normalized spacial score (nSPS) is 13.3. The number of rotatable bonds is 2. The Hall–Kier alpha value is -4.67. The predicted octanol–water partition coefficient (Wildman–Crippen LogP) is 9.81. The fraction of sp³-hybridized carbons (Fsp3) is 0.108. The summed E-state index contributed by atoms with van der Waals surface area (Å²) in [6, 6.07) is 41.6. The van der Waals surface area contributed by atoms with Crippen LogP contribution in [0, 0.1) is 18.3 Å². The van der Waals surface area contributed by atoms with Crippen molar-refractivity contribution < 1.29 is 0 Å². The first-order valence-electron chi connectivity index (χ1n) is 13.2. The molecule has 180 valence electrons. The van der Waals surface area contributed by atoms with Crippen molar-refractivity contribution in [2.75, 3.05) is 0 Å². The van der Waals surface area contributed by atoms with Gasteiger partial charge in [0.15, 0.2) is 0 Å². The first-order chi connectivity index (χ1) is 18.5. The molecule has 0 N–H and O–H groups in total. The van der Waals surface area contributed by atoms with E-state index in [-0.39, 0.29) is 5.41 Å². The van der Waals surface area contributed by atoms with Crippen LogP contribution in [0.1, 0.15) is 36.1 Å². The lowest BCUT2D eigenvalue weighted by Gasteiger charge is -2.22. The Morgan fingerprint density at radius 2 is 1.18 bits per heavy atom. The molecule has 1 aliphatic rings. The van der Waals surface area contributed by atoms with Crippen molar-refractivity contribution >= 4 is 21.5 Å². The van der Waals surface area contributed by atoms with Crippen molar-refractivity contribution in [1.29, 1.82) is 5.26 Å². The van der Waals surface area contributed by atoms with E-state index >= 15 is 0 Å². The smallest absolute Gasteiger partial charge is 0.0991 e. The van der Waals surface area contributed by atoms with Crippen LogP contribution in [0.4, 0.5) is 0 Å². The lowest BCUT2D eigenvalue weighted by molar-refractivity contribution is 0.660. The van der Waals surface area contributed by atoms with Gasteiger partial charge in [-0.05, 0) is 85.1 Å². The first-order valence-corrected chi connectivity index (χ1v) is 13.2. The Balaban J connectivity index is 1.65. The van der Waals surface area contributed by atoms with E-state index in [0.717, 1.165) is 5.56 Å². The van der Waals surface area contributed by atoms with Crippen LogP contribution in [0.5, 0.6) is 0 Å². The van der Waals surface area contributed by atoms with Crippen molar-refractivity contribution in [2.24, 2.45) is 0 Å². The van der Waals surface area contributed by atoms with Gasteiger partial charge in [0.25, 0.3) is 0 Å². The van der Waals surface area contributed by atoms with Crippen LogP contribution in [-0.4, -0.2) is 0 Å². The Kier molecular flexibility index (Phi) is 4.84. The summed E-state index contributed by atoms with van der Waals surface area (Å²) in [5.74, 6) is 0. The molecule has 1 aliphatic carbocycles. The lowest BCUT2D eigenvalue weighted by atomic mass is 9.80. The van der Waals surface area contributed by atoms with Gasteiger partial charge in [-0.15, -0.1) is 0 Å². The van der Waals surface area contributed by atoms with E-state index in [4.69, 9.17) is 0 Å². The molecule has 0 aliphatic heterocycles. The largest absolute Gasteiger partial charge is 0.192 e. The molecule has 0 spiro atoms. The average molecular weight is 486 g/mol. The van der Waals surface area contributed by atoms with Crippen LogP contribution < -0.4 is 0 Å². The minimum atomic E-state index is -0.0497. The molecule has 6 aromatic carbocycles. The van der Waals surface area contributed by atoms with E-state index in [0.29, 0.717) is 5.56 Å². The molecule has 0 amide bonds. The van der Waals surface area contributed by atoms with Gasteiger partial charge in [0.05, 0.1) is 11.6 Å². The van der Waals surface area contributed by atoms with Crippen LogP contribution in [0.2, 0.25) is 0 Å². The predicted molar refractivity (Wildman–Crippen MR) is 159 cm³/mol. The summed E-state index contributed by atoms with van der Waals surface area (Å²) in [5, 5.41) is 14.3. The molecular weight excluding hydrogens is 458 g/mol. The van der Waals surface area contributed by atoms with E-state index in [9.17, 15) is 5.26 Å². The second-order valence-corrected chi connectivity index (χ2v) is 10.9. The van der Waals surface area contributed by atoms with E-state index in [1.807, 2.05) is 12.1 Å². The fourth-order valence-electron chi connectivity index (χ4n) is 6.57. The molecule has 6 aromatic rings. The molecule has 38 heavy (non-hydrogen) atoms. The van der Waals surface area contributed by atoms with Gasteiger partial charge in [-0.2, -0.15) is 5.26 Å². The third-order valence-electron chi connectivity index (χ3n) is 8.36. The number of nitriles is 1. The summed E-state index contributed by atoms with van der Waals surface area (Å²) in [6.45, 7) is 6.86. The van der Waals surface area contributed by atoms with Crippen molar-refractivity contribution in [3.63, 3.8) is 0 Å². The third-order valence-corrected chi connectivity index (χ3v) is 8.36. The average Bonchev–Trinajstić information content (AvgIpc) is 3.19. The van der Waals surface area contributed by atoms with Crippen molar-refractivity contribution in [1.82, 2.24) is 0 Å². The molecule has 0 saturated heterocycles. The molecule has 0 heterocycles. The second kappa shape index (κ2) is 8.17. The van der Waals surface area contributed by atoms with Crippen LogP contribution in [0.15, 0.2) is 109 Å². The lowest BCUT2D eigenvalue weighted by Crippen LogP contribution is -2.14. The molecular formula is C37H27N. The van der Waals surface area contributed by atoms with Gasteiger partial charge in [0.2, 0.25) is 0 Å². The fourth-order valence-corrected chi connectivity index (χ4v) is 6.57. The van der Waals surface area contributed by atoms with Gasteiger partial charge in [0, 0.05) is 5.41 Å². The summed E-state index contributed by atoms with van der Waals surface area (Å²) in [4.78, 5) is 0. The second-order valence-electron chi connectivity index (χ2n) is 10.9. The monoisotopic (exact) mass is 485 g/mol. The van der Waals surface area contributed by atoms with Crippen LogP contribution in [-0.2, 0) is 5.41 Å². The van der Waals surface area contributed by atoms with Gasteiger partial charge in [0.1, 0.15) is 0 Å². The van der Waals surface area contributed by atoms with E-state index in [2.05, 4.69) is 124 Å². The van der Waals surface area contributed by atoms with Gasteiger partial charge in [-0.3, -0.25) is 0 Å². The number of aryl methyl sites for hydroxylation is 1. The topological polar surface area (TPSA) is 23.8 Å². The molecule has 0 fully saturated rings. The van der Waals surface area contributed by atoms with Crippen molar-refractivity contribution in [2.45, 2.75) is 26.2 Å². The molecule has 0 bridgehead atoms. The summed E-state index contributed by atoms with van der Waals surface area (Å²) >= 11 is 0. The summed E-state index contributed by atoms with van der Waals surface area (Å²) in [7, 11) is 0. The summed E-state index contributed by atoms with van der Waals surface area (Å²) < 4.78 is 0. The van der Waals surface area contributed by atoms with Crippen LogP contribution in [0.25, 0.3) is 54.9 Å². The molecule has 1 heteroatoms. The van der Waals surface area contributed by atoms with Gasteiger partial charge in [-0.1, -0.05) is 116 Å². The molecule has 0 unspecified atom stereocenters. The maximum Gasteiger partial charge on any atom is 0.0991 e. The minimum Gasteiger partial charge on any atom is -0.192 e. The Labute approximate surface area is 223 Å². The highest BCUT2D eigenvalue weighted by molar-refractivity contribution is 6.22. The first kappa shape index (κ1) is 22.5. The zero-order chi connectivity index (χ0) is 26.0. The molecule has 0 radical (unpaired) electrons. The number of benzene rings is 6. The maximum atomic E-state index is 9.37. The Bertz CT molecular complexity index is 1950. The molecule has 0 atom stereocenters. The quantitative estimate of drug-likeness (QED) is 0.224. The molecule has 0 saturated carbocycles. The van der Waals surface area contributed by atoms with E-state index in [1.165, 1.54) is 66.1 Å². The molecule has 0 aromatic heterocycles. The molecule has 7 rings (SSSR count). The number of fused-ring (bicyclic) bond motifs is 5. The standard InChI is InChI=1S/C37H27N/c1-23-15-20-28-31(21-23)35(27-10-5-4-9-26(27)34(28)25-18-16-24(22-38)17-19-25)30-12-8-14-33-36(30)29-11-6-7-13-32(29)37(33,2)3/h4-21H,1-3H3. The van der Waals surface area contributed by atoms with E-state index < -0.39 is 0 Å². The van der Waals surface area contributed by atoms with Crippen LogP contribution in [0.3, 0.4) is 0 Å². The summed E-state index contributed by atoms with van der Waals surface area (Å²) in [6.07, 6.45) is 0. The number of hydrogen-bond acceptors (Lipinski definition) is 1. The number of nitrogens with zero attached hydrogens (tertiary/aromatic N) is 1. The van der Waals surface area contributed by atoms with E-state index in [1.54, 1.807) is 0 Å². The highest BCUT2D eigenvalue weighted by atomic mass is 14.4. The number of hydrogen-bond donors (Lipinski definition) is 0. The van der Waals surface area contributed by atoms with Gasteiger partial charge >= 0.3 is 0 Å². The van der Waals surface area contributed by atoms with Crippen molar-refractivity contribution in [3.8, 4) is 39.4 Å². The minimum absolute atomic E-state index is 0.0497. The van der Waals surface area contributed by atoms with Gasteiger partial charge in [-0.25, -0.2) is 0 Å². The van der Waals surface area contributed by atoms with Crippen LogP contribution >= 0.6 is 0 Å². The maximum absolute atomic E-state index is 9.37. The zero-order valence-corrected chi connectivity index (χ0v) is 21.8. The highest BCUT2D eigenvalue weighted by Gasteiger charge is 2.37. The Morgan fingerprint density at radius 3 is 1.95 bits per heavy atom. The third kappa shape index (κ3) is 3.11. The SMILES string of the molecule is Cc1ccc2c(-c3ccc(C#N)cc3)c3ccccc3c(-c3cccc4c3-c3ccccc3C4(C)C)c2c1. The highest BCUT2D eigenvalue weighted by Crippen LogP contribution is 2.54. The van der Waals surface area contributed by atoms with Gasteiger partial charge < -0.3 is 0 Å². The zero-order valence-electron chi connectivity index (χ0n) is 21.8. The van der Waals surface area contributed by atoms with Crippen molar-refractivity contribution in [3.05, 3.63) is 131 Å². The summed E-state index contributed by atoms with van der Waals surface area (Å²) in [5.41, 5.74) is 12.3.